The van der Waals surface area contributed by atoms with E-state index in [1.165, 1.54) is 6.08 Å². The van der Waals surface area contributed by atoms with Crippen molar-refractivity contribution in [2.45, 2.75) is 13.5 Å². The normalized spacial score (nSPS) is 11.7. The first-order valence-electron chi connectivity index (χ1n) is 5.89. The minimum absolute atomic E-state index is 0.128. The third kappa shape index (κ3) is 3.79. The van der Waals surface area contributed by atoms with Gasteiger partial charge in [0.2, 0.25) is 5.91 Å². The Balaban J connectivity index is 2.00. The van der Waals surface area contributed by atoms with Crippen LogP contribution in [0.5, 0.6) is 0 Å². The van der Waals surface area contributed by atoms with Gasteiger partial charge in [-0.1, -0.05) is 18.2 Å². The van der Waals surface area contributed by atoms with E-state index in [0.29, 0.717) is 6.54 Å². The first kappa shape index (κ1) is 13.5. The molecule has 0 spiro atoms. The highest BCUT2D eigenvalue weighted by atomic mass is 79.9. The Kier molecular flexibility index (Phi) is 4.52. The van der Waals surface area contributed by atoms with E-state index >= 15 is 0 Å². The van der Waals surface area contributed by atoms with E-state index in [1.807, 2.05) is 48.0 Å². The lowest BCUT2D eigenvalue weighted by Crippen LogP contribution is -2.20. The number of carbonyl (C=O) groups is 1. The minimum atomic E-state index is -0.128. The van der Waals surface area contributed by atoms with Gasteiger partial charge in [-0.2, -0.15) is 0 Å². The average molecular weight is 320 g/mol. The fraction of sp³-hybridized carbons (Fsp3) is 0.143. The standard InChI is InChI=1S/C14H14BrN3O/c1-2-3-4-5-14(19)16-8-12-10-18-9-11(15)6-7-13(18)17-12/h2-7,9-10H,8H2,1H3,(H,16,19)/b3-2+,5-4+. The smallest absolute Gasteiger partial charge is 0.244 e. The summed E-state index contributed by atoms with van der Waals surface area (Å²) in [6.07, 6.45) is 10.7. The molecule has 0 saturated carbocycles. The number of nitrogens with one attached hydrogen (secondary N) is 1. The molecule has 5 heteroatoms. The van der Waals surface area contributed by atoms with Crippen molar-refractivity contribution in [2.24, 2.45) is 0 Å². The summed E-state index contributed by atoms with van der Waals surface area (Å²) in [6.45, 7) is 2.31. The number of allylic oxidation sites excluding steroid dienone is 3. The fourth-order valence-electron chi connectivity index (χ4n) is 1.59. The first-order chi connectivity index (χ1) is 9.19. The van der Waals surface area contributed by atoms with Crippen molar-refractivity contribution in [3.05, 3.63) is 59.0 Å². The zero-order valence-electron chi connectivity index (χ0n) is 10.5. The lowest BCUT2D eigenvalue weighted by molar-refractivity contribution is -0.116. The van der Waals surface area contributed by atoms with Gasteiger partial charge in [0.05, 0.1) is 12.2 Å². The van der Waals surface area contributed by atoms with Gasteiger partial charge in [0.25, 0.3) is 0 Å². The van der Waals surface area contributed by atoms with Gasteiger partial charge in [0, 0.05) is 22.9 Å². The van der Waals surface area contributed by atoms with Crippen LogP contribution in [0.1, 0.15) is 12.6 Å². The number of pyridine rings is 1. The Morgan fingerprint density at radius 3 is 3.05 bits per heavy atom. The van der Waals surface area contributed by atoms with Crippen molar-refractivity contribution in [3.63, 3.8) is 0 Å². The van der Waals surface area contributed by atoms with E-state index < -0.39 is 0 Å². The average Bonchev–Trinajstić information content (AvgIpc) is 2.78. The summed E-state index contributed by atoms with van der Waals surface area (Å²) in [6, 6.07) is 3.85. The largest absolute Gasteiger partial charge is 0.347 e. The highest BCUT2D eigenvalue weighted by Crippen LogP contribution is 2.12. The summed E-state index contributed by atoms with van der Waals surface area (Å²) in [5.41, 5.74) is 1.68. The van der Waals surface area contributed by atoms with Crippen LogP contribution in [0.4, 0.5) is 0 Å². The molecule has 0 saturated heterocycles. The van der Waals surface area contributed by atoms with E-state index in [4.69, 9.17) is 0 Å². The molecule has 0 aromatic carbocycles. The van der Waals surface area contributed by atoms with Crippen molar-refractivity contribution in [1.29, 1.82) is 0 Å². The molecule has 0 bridgehead atoms. The van der Waals surface area contributed by atoms with Crippen molar-refractivity contribution >= 4 is 27.5 Å². The number of amides is 1. The zero-order chi connectivity index (χ0) is 13.7. The van der Waals surface area contributed by atoms with Gasteiger partial charge in [-0.15, -0.1) is 0 Å². The van der Waals surface area contributed by atoms with Gasteiger partial charge >= 0.3 is 0 Å². The Morgan fingerprint density at radius 1 is 1.42 bits per heavy atom. The number of halogens is 1. The van der Waals surface area contributed by atoms with Crippen LogP contribution < -0.4 is 5.32 Å². The predicted octanol–water partition coefficient (Wildman–Crippen LogP) is 2.85. The molecule has 2 heterocycles. The van der Waals surface area contributed by atoms with Crippen molar-refractivity contribution in [3.8, 4) is 0 Å². The predicted molar refractivity (Wildman–Crippen MR) is 78.7 cm³/mol. The molecule has 1 N–H and O–H groups in total. The Labute approximate surface area is 120 Å². The topological polar surface area (TPSA) is 46.4 Å². The third-order valence-corrected chi connectivity index (χ3v) is 2.93. The van der Waals surface area contributed by atoms with E-state index in [2.05, 4.69) is 26.2 Å². The number of hydrogen-bond donors (Lipinski definition) is 1. The van der Waals surface area contributed by atoms with Gasteiger partial charge in [-0.3, -0.25) is 4.79 Å². The molecular weight excluding hydrogens is 306 g/mol. The second-order valence-corrected chi connectivity index (χ2v) is 4.86. The summed E-state index contributed by atoms with van der Waals surface area (Å²) < 4.78 is 2.91. The molecule has 0 aliphatic carbocycles. The molecular formula is C14H14BrN3O. The summed E-state index contributed by atoms with van der Waals surface area (Å²) in [7, 11) is 0. The monoisotopic (exact) mass is 319 g/mol. The van der Waals surface area contributed by atoms with E-state index in [0.717, 1.165) is 15.8 Å². The summed E-state index contributed by atoms with van der Waals surface area (Å²) in [5.74, 6) is -0.128. The molecule has 0 aliphatic heterocycles. The molecule has 2 aromatic heterocycles. The Bertz CT molecular complexity index is 643. The number of rotatable bonds is 4. The van der Waals surface area contributed by atoms with Gasteiger partial charge in [0.15, 0.2) is 0 Å². The third-order valence-electron chi connectivity index (χ3n) is 2.46. The second kappa shape index (κ2) is 6.33. The van der Waals surface area contributed by atoms with Crippen LogP contribution in [-0.4, -0.2) is 15.3 Å². The molecule has 0 radical (unpaired) electrons. The van der Waals surface area contributed by atoms with Gasteiger partial charge in [0.1, 0.15) is 5.65 Å². The van der Waals surface area contributed by atoms with Gasteiger partial charge in [-0.25, -0.2) is 4.98 Å². The van der Waals surface area contributed by atoms with Crippen LogP contribution in [0.15, 0.2) is 53.3 Å². The van der Waals surface area contributed by atoms with E-state index in [1.54, 1.807) is 6.08 Å². The fourth-order valence-corrected chi connectivity index (χ4v) is 1.95. The summed E-state index contributed by atoms with van der Waals surface area (Å²) >= 11 is 3.41. The molecule has 0 unspecified atom stereocenters. The van der Waals surface area contributed by atoms with Crippen LogP contribution in [0.3, 0.4) is 0 Å². The van der Waals surface area contributed by atoms with Crippen LogP contribution in [-0.2, 0) is 11.3 Å². The maximum absolute atomic E-state index is 11.5. The van der Waals surface area contributed by atoms with Crippen LogP contribution in [0.2, 0.25) is 0 Å². The minimum Gasteiger partial charge on any atom is -0.347 e. The van der Waals surface area contributed by atoms with Crippen LogP contribution in [0, 0.1) is 0 Å². The summed E-state index contributed by atoms with van der Waals surface area (Å²) in [4.78, 5) is 15.9. The number of hydrogen-bond acceptors (Lipinski definition) is 2. The molecule has 1 amide bonds. The molecule has 0 atom stereocenters. The van der Waals surface area contributed by atoms with Crippen molar-refractivity contribution in [1.82, 2.24) is 14.7 Å². The summed E-state index contributed by atoms with van der Waals surface area (Å²) in [5, 5.41) is 2.79. The zero-order valence-corrected chi connectivity index (χ0v) is 12.1. The quantitative estimate of drug-likeness (QED) is 0.695. The molecule has 0 fully saturated rings. The maximum atomic E-state index is 11.5. The van der Waals surface area contributed by atoms with Crippen LogP contribution >= 0.6 is 15.9 Å². The number of carbonyl (C=O) groups excluding carboxylic acids is 1. The van der Waals surface area contributed by atoms with E-state index in [-0.39, 0.29) is 5.91 Å². The van der Waals surface area contributed by atoms with Gasteiger partial charge in [-0.05, 0) is 35.0 Å². The maximum Gasteiger partial charge on any atom is 0.244 e. The highest BCUT2D eigenvalue weighted by Gasteiger charge is 2.02. The lowest BCUT2D eigenvalue weighted by Gasteiger charge is -1.97. The number of aromatic nitrogens is 2. The Hall–Kier alpha value is -1.88. The second-order valence-electron chi connectivity index (χ2n) is 3.95. The van der Waals surface area contributed by atoms with E-state index in [9.17, 15) is 4.79 Å². The first-order valence-corrected chi connectivity index (χ1v) is 6.68. The van der Waals surface area contributed by atoms with Crippen molar-refractivity contribution < 1.29 is 4.79 Å². The SMILES string of the molecule is C/C=C/C=C/C(=O)NCc1cn2cc(Br)ccc2n1. The highest BCUT2D eigenvalue weighted by molar-refractivity contribution is 9.10. The molecule has 4 nitrogen and oxygen atoms in total. The Morgan fingerprint density at radius 2 is 2.26 bits per heavy atom. The number of imidazole rings is 1. The molecule has 2 aromatic rings. The lowest BCUT2D eigenvalue weighted by atomic mass is 10.4. The number of fused-ring (bicyclic) bond motifs is 1. The van der Waals surface area contributed by atoms with Gasteiger partial charge < -0.3 is 9.72 Å². The van der Waals surface area contributed by atoms with Crippen LogP contribution in [0.25, 0.3) is 5.65 Å². The molecule has 2 rings (SSSR count). The molecule has 0 aliphatic rings. The molecule has 19 heavy (non-hydrogen) atoms. The number of nitrogens with zero attached hydrogens (tertiary/aromatic N) is 2. The van der Waals surface area contributed by atoms with Crippen molar-refractivity contribution in [2.75, 3.05) is 0 Å². The molecule has 98 valence electrons.